The van der Waals surface area contributed by atoms with Crippen LogP contribution in [0.25, 0.3) is 10.9 Å². The Morgan fingerprint density at radius 3 is 3.04 bits per heavy atom. The third-order valence-electron chi connectivity index (χ3n) is 4.90. The van der Waals surface area contributed by atoms with Crippen LogP contribution in [0.5, 0.6) is 5.75 Å². The van der Waals surface area contributed by atoms with Crippen LogP contribution in [0.4, 0.5) is 0 Å². The van der Waals surface area contributed by atoms with E-state index in [9.17, 15) is 4.79 Å². The van der Waals surface area contributed by atoms with E-state index < -0.39 is 0 Å². The number of aliphatic hydroxyl groups excluding tert-OH is 1. The molecule has 0 amide bonds. The molecule has 1 saturated heterocycles. The minimum atomic E-state index is -0.00912. The van der Waals surface area contributed by atoms with E-state index in [2.05, 4.69) is 9.88 Å². The molecule has 1 aliphatic heterocycles. The monoisotopic (exact) mass is 330 g/mol. The lowest BCUT2D eigenvalue weighted by Crippen LogP contribution is -2.36. The minimum absolute atomic E-state index is 0.00912. The number of hydrogen-bond acceptors (Lipinski definition) is 4. The van der Waals surface area contributed by atoms with Gasteiger partial charge in [0.1, 0.15) is 5.75 Å². The van der Waals surface area contributed by atoms with Gasteiger partial charge in [-0.15, -0.1) is 0 Å². The van der Waals surface area contributed by atoms with Crippen molar-refractivity contribution < 1.29 is 9.84 Å². The number of pyridine rings is 1. The van der Waals surface area contributed by atoms with Crippen LogP contribution in [0.1, 0.15) is 31.2 Å². The van der Waals surface area contributed by atoms with Gasteiger partial charge in [-0.05, 0) is 62.4 Å². The van der Waals surface area contributed by atoms with Crippen molar-refractivity contribution in [2.24, 2.45) is 5.92 Å². The van der Waals surface area contributed by atoms with Gasteiger partial charge >= 0.3 is 0 Å². The third-order valence-corrected chi connectivity index (χ3v) is 4.90. The molecule has 1 aromatic heterocycles. The molecule has 2 aromatic rings. The van der Waals surface area contributed by atoms with E-state index in [1.165, 1.54) is 6.42 Å². The molecule has 2 N–H and O–H groups in total. The van der Waals surface area contributed by atoms with E-state index in [-0.39, 0.29) is 12.2 Å². The largest absolute Gasteiger partial charge is 0.497 e. The zero-order valence-corrected chi connectivity index (χ0v) is 14.3. The van der Waals surface area contributed by atoms with E-state index in [1.807, 2.05) is 24.3 Å². The molecule has 0 spiro atoms. The van der Waals surface area contributed by atoms with Crippen molar-refractivity contribution in [3.63, 3.8) is 0 Å². The quantitative estimate of drug-likeness (QED) is 0.854. The van der Waals surface area contributed by atoms with Gasteiger partial charge in [0.05, 0.1) is 7.11 Å². The Kier molecular flexibility index (Phi) is 5.53. The van der Waals surface area contributed by atoms with Crippen LogP contribution >= 0.6 is 0 Å². The number of methoxy groups -OCH3 is 1. The third kappa shape index (κ3) is 3.97. The second kappa shape index (κ2) is 7.81. The Morgan fingerprint density at radius 1 is 1.38 bits per heavy atom. The number of fused-ring (bicyclic) bond motifs is 1. The summed E-state index contributed by atoms with van der Waals surface area (Å²) >= 11 is 0. The summed E-state index contributed by atoms with van der Waals surface area (Å²) in [5.41, 5.74) is 1.63. The maximum Gasteiger partial charge on any atom is 0.252 e. The molecule has 0 bridgehead atoms. The number of aromatic amines is 1. The summed E-state index contributed by atoms with van der Waals surface area (Å²) in [7, 11) is 1.65. The van der Waals surface area contributed by atoms with Gasteiger partial charge in [0.15, 0.2) is 0 Å². The molecule has 0 saturated carbocycles. The Bertz CT molecular complexity index is 741. The van der Waals surface area contributed by atoms with Gasteiger partial charge in [0.2, 0.25) is 0 Å². The number of likely N-dealkylation sites (tertiary alicyclic amines) is 1. The number of aliphatic hydroxyl groups is 1. The Morgan fingerprint density at radius 2 is 2.25 bits per heavy atom. The van der Waals surface area contributed by atoms with Gasteiger partial charge in [0.25, 0.3) is 5.56 Å². The first-order chi connectivity index (χ1) is 11.7. The van der Waals surface area contributed by atoms with Gasteiger partial charge in [-0.3, -0.25) is 9.69 Å². The van der Waals surface area contributed by atoms with Gasteiger partial charge in [-0.2, -0.15) is 0 Å². The van der Waals surface area contributed by atoms with Gasteiger partial charge < -0.3 is 14.8 Å². The normalized spacial score (nSPS) is 18.8. The number of rotatable bonds is 6. The van der Waals surface area contributed by atoms with Crippen LogP contribution in [0.3, 0.4) is 0 Å². The first-order valence-corrected chi connectivity index (χ1v) is 8.73. The second-order valence-corrected chi connectivity index (χ2v) is 6.69. The number of hydrogen-bond donors (Lipinski definition) is 2. The summed E-state index contributed by atoms with van der Waals surface area (Å²) in [5.74, 6) is 1.42. The van der Waals surface area contributed by atoms with Crippen molar-refractivity contribution in [1.82, 2.24) is 9.88 Å². The van der Waals surface area contributed by atoms with Crippen LogP contribution in [0.2, 0.25) is 0 Å². The fourth-order valence-corrected chi connectivity index (χ4v) is 3.63. The first kappa shape index (κ1) is 17.0. The van der Waals surface area contributed by atoms with Crippen LogP contribution in [-0.2, 0) is 6.54 Å². The van der Waals surface area contributed by atoms with Crippen molar-refractivity contribution >= 4 is 10.9 Å². The van der Waals surface area contributed by atoms with Crippen molar-refractivity contribution in [2.75, 3.05) is 26.8 Å². The number of aromatic nitrogens is 1. The highest BCUT2D eigenvalue weighted by Crippen LogP contribution is 2.23. The fraction of sp³-hybridized carbons (Fsp3) is 0.526. The van der Waals surface area contributed by atoms with Crippen molar-refractivity contribution in [1.29, 1.82) is 0 Å². The minimum Gasteiger partial charge on any atom is -0.497 e. The van der Waals surface area contributed by atoms with Crippen LogP contribution in [0, 0.1) is 5.92 Å². The average molecular weight is 330 g/mol. The Labute approximate surface area is 142 Å². The summed E-state index contributed by atoms with van der Waals surface area (Å²) in [4.78, 5) is 17.7. The number of nitrogens with one attached hydrogen (secondary N) is 1. The number of nitrogens with zero attached hydrogens (tertiary/aromatic N) is 1. The lowest BCUT2D eigenvalue weighted by molar-refractivity contribution is 0.153. The molecule has 0 unspecified atom stereocenters. The summed E-state index contributed by atoms with van der Waals surface area (Å²) in [6.45, 7) is 2.99. The predicted molar refractivity (Wildman–Crippen MR) is 95.4 cm³/mol. The summed E-state index contributed by atoms with van der Waals surface area (Å²) in [6, 6.07) is 7.67. The summed E-state index contributed by atoms with van der Waals surface area (Å²) in [5, 5.41) is 10.0. The molecule has 1 aliphatic rings. The zero-order valence-electron chi connectivity index (χ0n) is 14.3. The molecule has 3 rings (SSSR count). The molecule has 5 nitrogen and oxygen atoms in total. The van der Waals surface area contributed by atoms with E-state index in [4.69, 9.17) is 9.84 Å². The van der Waals surface area contributed by atoms with Gasteiger partial charge in [-0.1, -0.05) is 0 Å². The summed E-state index contributed by atoms with van der Waals surface area (Å²) in [6.07, 6.45) is 4.32. The number of H-pyrrole nitrogens is 1. The highest BCUT2D eigenvalue weighted by molar-refractivity contribution is 5.80. The van der Waals surface area contributed by atoms with E-state index in [0.717, 1.165) is 54.6 Å². The average Bonchev–Trinajstić information content (AvgIpc) is 2.60. The molecule has 2 heterocycles. The SMILES string of the molecule is COc1ccc2[nH]c(=O)c(CN3CCC[C@H](CCCO)C3)cc2c1. The fourth-order valence-electron chi connectivity index (χ4n) is 3.63. The molecule has 1 atom stereocenters. The molecule has 1 aromatic carbocycles. The molecule has 0 radical (unpaired) electrons. The number of benzene rings is 1. The molecule has 5 heteroatoms. The summed E-state index contributed by atoms with van der Waals surface area (Å²) < 4.78 is 5.27. The Hall–Kier alpha value is -1.85. The topological polar surface area (TPSA) is 65.6 Å². The maximum absolute atomic E-state index is 12.4. The smallest absolute Gasteiger partial charge is 0.252 e. The predicted octanol–water partition coefficient (Wildman–Crippen LogP) is 2.52. The number of ether oxygens (including phenoxy) is 1. The van der Waals surface area contributed by atoms with Crippen molar-refractivity contribution in [3.05, 3.63) is 40.2 Å². The van der Waals surface area contributed by atoms with Gasteiger partial charge in [0, 0.05) is 36.2 Å². The lowest BCUT2D eigenvalue weighted by atomic mass is 9.93. The van der Waals surface area contributed by atoms with E-state index in [0.29, 0.717) is 12.5 Å². The Balaban J connectivity index is 1.76. The maximum atomic E-state index is 12.4. The molecular weight excluding hydrogens is 304 g/mol. The van der Waals surface area contributed by atoms with E-state index >= 15 is 0 Å². The molecule has 1 fully saturated rings. The standard InChI is InChI=1S/C19H26N2O3/c1-24-17-6-7-18-15(11-17)10-16(19(23)20-18)13-21-8-2-4-14(12-21)5-3-9-22/h6-7,10-11,14,22H,2-5,8-9,12-13H2,1H3,(H,20,23)/t14-/m1/s1. The van der Waals surface area contributed by atoms with Crippen molar-refractivity contribution in [2.45, 2.75) is 32.2 Å². The molecule has 130 valence electrons. The second-order valence-electron chi connectivity index (χ2n) is 6.69. The molecular formula is C19H26N2O3. The van der Waals surface area contributed by atoms with Crippen molar-refractivity contribution in [3.8, 4) is 5.75 Å². The van der Waals surface area contributed by atoms with Crippen LogP contribution in [0.15, 0.2) is 29.1 Å². The van der Waals surface area contributed by atoms with Crippen LogP contribution < -0.4 is 10.3 Å². The van der Waals surface area contributed by atoms with Crippen LogP contribution in [-0.4, -0.2) is 41.8 Å². The first-order valence-electron chi connectivity index (χ1n) is 8.73. The lowest BCUT2D eigenvalue weighted by Gasteiger charge is -2.32. The molecule has 24 heavy (non-hydrogen) atoms. The van der Waals surface area contributed by atoms with E-state index in [1.54, 1.807) is 7.11 Å². The highest BCUT2D eigenvalue weighted by Gasteiger charge is 2.20. The zero-order chi connectivity index (χ0) is 16.9. The highest BCUT2D eigenvalue weighted by atomic mass is 16.5. The van der Waals surface area contributed by atoms with Gasteiger partial charge in [-0.25, -0.2) is 0 Å². The molecule has 0 aliphatic carbocycles. The number of piperidine rings is 1.